The van der Waals surface area contributed by atoms with Crippen LogP contribution in [0.3, 0.4) is 0 Å². The first-order valence-electron chi connectivity index (χ1n) is 10.4. The number of aromatic nitrogens is 5. The molecule has 0 fully saturated rings. The van der Waals surface area contributed by atoms with Crippen LogP contribution in [0.1, 0.15) is 31.9 Å². The number of hydrogen-bond donors (Lipinski definition) is 1. The Balaban J connectivity index is 1.59. The number of esters is 1. The molecule has 0 saturated heterocycles. The Morgan fingerprint density at radius 1 is 1.12 bits per heavy atom. The van der Waals surface area contributed by atoms with Crippen molar-refractivity contribution in [3.63, 3.8) is 0 Å². The Morgan fingerprint density at radius 2 is 1.85 bits per heavy atom. The number of nitrogens with zero attached hydrogens (tertiary/aromatic N) is 5. The smallest absolute Gasteiger partial charge is 0.418 e. The van der Waals surface area contributed by atoms with E-state index in [9.17, 15) is 18.0 Å². The van der Waals surface area contributed by atoms with Crippen LogP contribution in [-0.2, 0) is 21.1 Å². The molecule has 4 rings (SSSR count). The van der Waals surface area contributed by atoms with Gasteiger partial charge in [0.2, 0.25) is 5.95 Å². The number of carbonyl (C=O) groups excluding carboxylic acids is 1. The number of rotatable bonds is 6. The van der Waals surface area contributed by atoms with Crippen molar-refractivity contribution in [2.24, 2.45) is 0 Å². The molecule has 0 unspecified atom stereocenters. The summed E-state index contributed by atoms with van der Waals surface area (Å²) in [6.07, 6.45) is -1.98. The van der Waals surface area contributed by atoms with E-state index in [1.54, 1.807) is 45.0 Å². The Labute approximate surface area is 192 Å². The lowest BCUT2D eigenvalue weighted by atomic mass is 9.84. The van der Waals surface area contributed by atoms with E-state index in [-0.39, 0.29) is 28.8 Å². The number of alkyl halides is 3. The second-order valence-corrected chi connectivity index (χ2v) is 7.98. The van der Waals surface area contributed by atoms with Crippen molar-refractivity contribution in [2.45, 2.75) is 32.4 Å². The molecule has 4 aromatic rings. The maximum Gasteiger partial charge on any atom is 0.418 e. The molecule has 0 atom stereocenters. The zero-order valence-corrected chi connectivity index (χ0v) is 18.6. The van der Waals surface area contributed by atoms with Crippen molar-refractivity contribution in [3.8, 4) is 11.3 Å². The molecule has 3 aromatic heterocycles. The Kier molecular flexibility index (Phi) is 5.94. The van der Waals surface area contributed by atoms with Gasteiger partial charge in [-0.25, -0.2) is 0 Å². The largest absolute Gasteiger partial charge is 0.465 e. The third-order valence-corrected chi connectivity index (χ3v) is 5.30. The molecule has 0 aliphatic carbocycles. The number of fused-ring (bicyclic) bond motifs is 1. The number of pyridine rings is 1. The molecule has 3 heterocycles. The second kappa shape index (κ2) is 8.73. The summed E-state index contributed by atoms with van der Waals surface area (Å²) >= 11 is 0. The van der Waals surface area contributed by atoms with Crippen LogP contribution >= 0.6 is 0 Å². The fourth-order valence-corrected chi connectivity index (χ4v) is 3.39. The van der Waals surface area contributed by atoms with E-state index in [1.165, 1.54) is 29.0 Å². The van der Waals surface area contributed by atoms with E-state index < -0.39 is 17.2 Å². The van der Waals surface area contributed by atoms with Gasteiger partial charge in [-0.05, 0) is 56.7 Å². The van der Waals surface area contributed by atoms with Gasteiger partial charge in [0, 0.05) is 17.4 Å². The highest BCUT2D eigenvalue weighted by atomic mass is 19.4. The van der Waals surface area contributed by atoms with Gasteiger partial charge in [0.25, 0.3) is 0 Å². The van der Waals surface area contributed by atoms with Crippen LogP contribution in [0.2, 0.25) is 0 Å². The van der Waals surface area contributed by atoms with Gasteiger partial charge in [-0.15, -0.1) is 10.2 Å². The van der Waals surface area contributed by atoms with Crippen molar-refractivity contribution < 1.29 is 22.7 Å². The minimum atomic E-state index is -4.55. The molecular formula is C23H21F3N6O2. The average molecular weight is 470 g/mol. The molecule has 11 heteroatoms. The molecule has 0 spiro atoms. The van der Waals surface area contributed by atoms with Gasteiger partial charge in [0.1, 0.15) is 0 Å². The topological polar surface area (TPSA) is 94.3 Å². The number of hydrogen-bond acceptors (Lipinski definition) is 7. The molecule has 0 amide bonds. The number of halogens is 3. The monoisotopic (exact) mass is 470 g/mol. The summed E-state index contributed by atoms with van der Waals surface area (Å²) in [4.78, 5) is 16.1. The third-order valence-electron chi connectivity index (χ3n) is 5.30. The number of ether oxygens (including phenoxy) is 1. The van der Waals surface area contributed by atoms with Crippen molar-refractivity contribution in [2.75, 3.05) is 11.9 Å². The number of nitrogens with one attached hydrogen (secondary N) is 1. The van der Waals surface area contributed by atoms with Crippen molar-refractivity contribution in [3.05, 3.63) is 66.0 Å². The number of anilines is 2. The Bertz CT molecular complexity index is 1330. The molecule has 1 aromatic carbocycles. The summed E-state index contributed by atoms with van der Waals surface area (Å²) < 4.78 is 46.6. The molecular weight excluding hydrogens is 449 g/mol. The summed E-state index contributed by atoms with van der Waals surface area (Å²) in [6.45, 7) is 5.63. The summed E-state index contributed by atoms with van der Waals surface area (Å²) in [5.74, 6) is -0.0447. The van der Waals surface area contributed by atoms with Crippen molar-refractivity contribution in [1.29, 1.82) is 0 Å². The lowest BCUT2D eigenvalue weighted by molar-refractivity contribution is -0.148. The quantitative estimate of drug-likeness (QED) is 0.405. The SMILES string of the molecule is CCOC(=O)C(C)(C)c1ccc(Nc2nnc3cc(-c4ncccc4C(F)(F)F)cnn23)cc1. The zero-order valence-electron chi connectivity index (χ0n) is 18.6. The standard InChI is InChI=1S/C23H21F3N6O2/c1-4-34-20(33)22(2,3)15-7-9-16(10-8-15)29-21-31-30-18-12-14(13-28-32(18)21)19-17(23(24,25)26)6-5-11-27-19/h5-13H,4H2,1-3H3,(H,29,31). The maximum atomic E-state index is 13.3. The normalized spacial score (nSPS) is 12.1. The minimum absolute atomic E-state index is 0.171. The molecule has 0 radical (unpaired) electrons. The van der Waals surface area contributed by atoms with E-state index in [2.05, 4.69) is 25.6 Å². The van der Waals surface area contributed by atoms with Crippen molar-refractivity contribution >= 4 is 23.3 Å². The molecule has 0 aliphatic rings. The first-order chi connectivity index (χ1) is 16.1. The predicted molar refractivity (Wildman–Crippen MR) is 118 cm³/mol. The van der Waals surface area contributed by atoms with E-state index in [1.807, 2.05) is 0 Å². The summed E-state index contributed by atoms with van der Waals surface area (Å²) in [5.41, 5.74) is -0.0424. The fourth-order valence-electron chi connectivity index (χ4n) is 3.39. The van der Waals surface area contributed by atoms with Gasteiger partial charge in [0.15, 0.2) is 5.65 Å². The van der Waals surface area contributed by atoms with Gasteiger partial charge in [-0.3, -0.25) is 9.78 Å². The molecule has 0 aliphatic heterocycles. The van der Waals surface area contributed by atoms with Crippen molar-refractivity contribution in [1.82, 2.24) is 24.8 Å². The summed E-state index contributed by atoms with van der Waals surface area (Å²) in [6, 6.07) is 10.8. The van der Waals surface area contributed by atoms with Crippen LogP contribution in [0, 0.1) is 0 Å². The highest BCUT2D eigenvalue weighted by Crippen LogP contribution is 2.35. The van der Waals surface area contributed by atoms with Crippen LogP contribution in [0.5, 0.6) is 0 Å². The maximum absolute atomic E-state index is 13.3. The van der Waals surface area contributed by atoms with Crippen LogP contribution < -0.4 is 5.32 Å². The van der Waals surface area contributed by atoms with Gasteiger partial charge < -0.3 is 10.1 Å². The van der Waals surface area contributed by atoms with E-state index in [4.69, 9.17) is 4.74 Å². The first kappa shape index (κ1) is 23.1. The Hall–Kier alpha value is -4.02. The zero-order chi connectivity index (χ0) is 24.5. The fraction of sp³-hybridized carbons (Fsp3) is 0.261. The number of benzene rings is 1. The number of carbonyl (C=O) groups is 1. The van der Waals surface area contributed by atoms with Gasteiger partial charge >= 0.3 is 12.1 Å². The van der Waals surface area contributed by atoms with Crippen LogP contribution in [0.4, 0.5) is 24.8 Å². The van der Waals surface area contributed by atoms with E-state index in [0.717, 1.165) is 11.6 Å². The molecule has 176 valence electrons. The Morgan fingerprint density at radius 3 is 2.53 bits per heavy atom. The van der Waals surface area contributed by atoms with Crippen LogP contribution in [0.15, 0.2) is 54.9 Å². The van der Waals surface area contributed by atoms with Gasteiger partial charge in [-0.2, -0.15) is 22.8 Å². The minimum Gasteiger partial charge on any atom is -0.465 e. The average Bonchev–Trinajstić information content (AvgIpc) is 3.21. The molecule has 34 heavy (non-hydrogen) atoms. The highest BCUT2D eigenvalue weighted by molar-refractivity contribution is 5.82. The molecule has 8 nitrogen and oxygen atoms in total. The highest BCUT2D eigenvalue weighted by Gasteiger charge is 2.34. The van der Waals surface area contributed by atoms with Gasteiger partial charge in [-0.1, -0.05) is 12.1 Å². The predicted octanol–water partition coefficient (Wildman–Crippen LogP) is 4.79. The van der Waals surface area contributed by atoms with Gasteiger partial charge in [0.05, 0.1) is 29.5 Å². The molecule has 1 N–H and O–H groups in total. The van der Waals surface area contributed by atoms with Crippen LogP contribution in [-0.4, -0.2) is 37.4 Å². The molecule has 0 saturated carbocycles. The third kappa shape index (κ3) is 4.41. The van der Waals surface area contributed by atoms with E-state index >= 15 is 0 Å². The molecule has 0 bridgehead atoms. The van der Waals surface area contributed by atoms with E-state index in [0.29, 0.717) is 12.3 Å². The second-order valence-electron chi connectivity index (χ2n) is 7.98. The first-order valence-corrected chi connectivity index (χ1v) is 10.4. The lowest BCUT2D eigenvalue weighted by Gasteiger charge is -2.23. The summed E-state index contributed by atoms with van der Waals surface area (Å²) in [5, 5.41) is 15.3. The lowest BCUT2D eigenvalue weighted by Crippen LogP contribution is -2.31. The summed E-state index contributed by atoms with van der Waals surface area (Å²) in [7, 11) is 0. The van der Waals surface area contributed by atoms with Crippen LogP contribution in [0.25, 0.3) is 16.9 Å².